The van der Waals surface area contributed by atoms with E-state index in [0.717, 1.165) is 0 Å². The molecule has 0 heterocycles. The average Bonchev–Trinajstić information content (AvgIpc) is 2.38. The molecular formula is C11H11ClN4O2S. The topological polar surface area (TPSA) is 79.6 Å². The zero-order chi connectivity index (χ0) is 14.3. The van der Waals surface area contributed by atoms with E-state index >= 15 is 0 Å². The molecule has 0 saturated carbocycles. The van der Waals surface area contributed by atoms with Gasteiger partial charge in [-0.2, -0.15) is 5.10 Å². The maximum absolute atomic E-state index is 10.7. The molecule has 19 heavy (non-hydrogen) atoms. The van der Waals surface area contributed by atoms with Gasteiger partial charge in [-0.1, -0.05) is 23.7 Å². The molecule has 0 bridgehead atoms. The van der Waals surface area contributed by atoms with Crippen LogP contribution in [0.4, 0.5) is 5.69 Å². The molecule has 0 aromatic heterocycles. The molecule has 0 unspecified atom stereocenters. The van der Waals surface area contributed by atoms with E-state index < -0.39 is 4.92 Å². The van der Waals surface area contributed by atoms with Gasteiger partial charge < -0.3 is 5.32 Å². The summed E-state index contributed by atoms with van der Waals surface area (Å²) in [6.45, 7) is 4.05. The predicted molar refractivity (Wildman–Crippen MR) is 79.6 cm³/mol. The van der Waals surface area contributed by atoms with Gasteiger partial charge in [0.05, 0.1) is 11.1 Å². The van der Waals surface area contributed by atoms with Gasteiger partial charge in [-0.3, -0.25) is 15.5 Å². The third-order valence-corrected chi connectivity index (χ3v) is 2.51. The number of nitrogens with zero attached hydrogens (tertiary/aromatic N) is 2. The lowest BCUT2D eigenvalue weighted by atomic mass is 10.2. The van der Waals surface area contributed by atoms with Crippen LogP contribution in [0.5, 0.6) is 0 Å². The Morgan fingerprint density at radius 3 is 3.00 bits per heavy atom. The van der Waals surface area contributed by atoms with E-state index in [9.17, 15) is 10.1 Å². The van der Waals surface area contributed by atoms with E-state index in [1.54, 1.807) is 12.1 Å². The van der Waals surface area contributed by atoms with Crippen LogP contribution in [-0.2, 0) is 0 Å². The number of nitro benzene ring substituents is 1. The molecule has 1 rings (SSSR count). The smallest absolute Gasteiger partial charge is 0.288 e. The maximum atomic E-state index is 10.7. The van der Waals surface area contributed by atoms with E-state index in [-0.39, 0.29) is 10.7 Å². The summed E-state index contributed by atoms with van der Waals surface area (Å²) in [7, 11) is 0. The quantitative estimate of drug-likeness (QED) is 0.286. The number of hydrazone groups is 1. The van der Waals surface area contributed by atoms with E-state index in [2.05, 4.69) is 22.4 Å². The SMILES string of the molecule is C=CCNC(=S)N/N=C/c1ccc(Cl)c([N+](=O)[O-])c1. The molecule has 0 saturated heterocycles. The normalized spacial score (nSPS) is 10.2. The first-order valence-corrected chi connectivity index (χ1v) is 5.95. The Balaban J connectivity index is 2.67. The van der Waals surface area contributed by atoms with Crippen molar-refractivity contribution >= 4 is 40.8 Å². The summed E-state index contributed by atoms with van der Waals surface area (Å²) < 4.78 is 0. The molecule has 1 aromatic carbocycles. The van der Waals surface area contributed by atoms with E-state index in [4.69, 9.17) is 23.8 Å². The van der Waals surface area contributed by atoms with Crippen molar-refractivity contribution in [1.29, 1.82) is 0 Å². The van der Waals surface area contributed by atoms with Crippen molar-refractivity contribution in [2.24, 2.45) is 5.10 Å². The minimum absolute atomic E-state index is 0.0817. The first-order chi connectivity index (χ1) is 9.04. The lowest BCUT2D eigenvalue weighted by Crippen LogP contribution is -2.31. The minimum Gasteiger partial charge on any atom is -0.358 e. The van der Waals surface area contributed by atoms with Crippen LogP contribution in [0.3, 0.4) is 0 Å². The highest BCUT2D eigenvalue weighted by atomic mass is 35.5. The molecule has 0 aliphatic carbocycles. The summed E-state index contributed by atoms with van der Waals surface area (Å²) in [5.74, 6) is 0. The van der Waals surface area contributed by atoms with Gasteiger partial charge in [0.2, 0.25) is 0 Å². The summed E-state index contributed by atoms with van der Waals surface area (Å²) >= 11 is 10.6. The minimum atomic E-state index is -0.552. The van der Waals surface area contributed by atoms with Crippen LogP contribution in [0, 0.1) is 10.1 Å². The standard InChI is InChI=1S/C11H11ClN4O2S/c1-2-5-13-11(19)15-14-7-8-3-4-9(12)10(6-8)16(17)18/h2-4,6-7H,1,5H2,(H2,13,15,19)/b14-7+. The Morgan fingerprint density at radius 1 is 1.63 bits per heavy atom. The summed E-state index contributed by atoms with van der Waals surface area (Å²) in [6.07, 6.45) is 3.06. The first-order valence-electron chi connectivity index (χ1n) is 5.16. The molecule has 0 amide bonds. The Hall–Kier alpha value is -1.99. The molecule has 0 aliphatic rings. The van der Waals surface area contributed by atoms with Crippen molar-refractivity contribution in [1.82, 2.24) is 10.7 Å². The van der Waals surface area contributed by atoms with Gasteiger partial charge in [-0.05, 0) is 18.3 Å². The van der Waals surface area contributed by atoms with Crippen LogP contribution in [0.2, 0.25) is 5.02 Å². The van der Waals surface area contributed by atoms with Gasteiger partial charge >= 0.3 is 0 Å². The lowest BCUT2D eigenvalue weighted by Gasteiger charge is -2.03. The molecular weight excluding hydrogens is 288 g/mol. The van der Waals surface area contributed by atoms with Crippen molar-refractivity contribution in [3.63, 3.8) is 0 Å². The number of hydrogen-bond acceptors (Lipinski definition) is 4. The Kier molecular flexibility index (Phi) is 5.91. The molecule has 0 radical (unpaired) electrons. The van der Waals surface area contributed by atoms with Crippen LogP contribution in [-0.4, -0.2) is 22.8 Å². The molecule has 8 heteroatoms. The molecule has 0 spiro atoms. The van der Waals surface area contributed by atoms with Crippen LogP contribution in [0.1, 0.15) is 5.56 Å². The van der Waals surface area contributed by atoms with Gasteiger partial charge in [-0.15, -0.1) is 6.58 Å². The van der Waals surface area contributed by atoms with Gasteiger partial charge in [-0.25, -0.2) is 0 Å². The summed E-state index contributed by atoms with van der Waals surface area (Å²) in [5, 5.41) is 17.8. The molecule has 100 valence electrons. The number of nitrogens with one attached hydrogen (secondary N) is 2. The van der Waals surface area contributed by atoms with Gasteiger partial charge in [0.1, 0.15) is 5.02 Å². The van der Waals surface area contributed by atoms with Crippen LogP contribution in [0.15, 0.2) is 36.0 Å². The highest BCUT2D eigenvalue weighted by Gasteiger charge is 2.11. The van der Waals surface area contributed by atoms with Crippen molar-refractivity contribution in [2.75, 3.05) is 6.54 Å². The maximum Gasteiger partial charge on any atom is 0.288 e. The second-order valence-corrected chi connectivity index (χ2v) is 4.15. The third kappa shape index (κ3) is 5.02. The fraction of sp³-hybridized carbons (Fsp3) is 0.0909. The molecule has 6 nitrogen and oxygen atoms in total. The highest BCUT2D eigenvalue weighted by molar-refractivity contribution is 7.80. The van der Waals surface area contributed by atoms with Crippen molar-refractivity contribution in [3.8, 4) is 0 Å². The van der Waals surface area contributed by atoms with Gasteiger partial charge in [0.25, 0.3) is 5.69 Å². The number of thiocarbonyl (C=S) groups is 1. The molecule has 2 N–H and O–H groups in total. The summed E-state index contributed by atoms with van der Waals surface area (Å²) in [6, 6.07) is 4.38. The second kappa shape index (κ2) is 7.45. The van der Waals surface area contributed by atoms with Crippen molar-refractivity contribution in [2.45, 2.75) is 0 Å². The van der Waals surface area contributed by atoms with E-state index in [1.165, 1.54) is 18.3 Å². The number of nitro groups is 1. The largest absolute Gasteiger partial charge is 0.358 e. The van der Waals surface area contributed by atoms with Crippen molar-refractivity contribution in [3.05, 3.63) is 51.6 Å². The van der Waals surface area contributed by atoms with Gasteiger partial charge in [0.15, 0.2) is 5.11 Å². The average molecular weight is 299 g/mol. The zero-order valence-electron chi connectivity index (χ0n) is 9.80. The van der Waals surface area contributed by atoms with Crippen LogP contribution in [0.25, 0.3) is 0 Å². The fourth-order valence-corrected chi connectivity index (χ4v) is 1.44. The Morgan fingerprint density at radius 2 is 2.37 bits per heavy atom. The molecule has 1 aromatic rings. The van der Waals surface area contributed by atoms with Crippen molar-refractivity contribution < 1.29 is 4.92 Å². The first kappa shape index (κ1) is 15.1. The molecule has 0 fully saturated rings. The van der Waals surface area contributed by atoms with Crippen LogP contribution < -0.4 is 10.7 Å². The Labute approximate surface area is 120 Å². The van der Waals surface area contributed by atoms with Gasteiger partial charge in [0, 0.05) is 18.2 Å². The summed E-state index contributed by atoms with van der Waals surface area (Å²) in [4.78, 5) is 10.1. The summed E-state index contributed by atoms with van der Waals surface area (Å²) in [5.41, 5.74) is 2.94. The number of benzene rings is 1. The molecule has 0 aliphatic heterocycles. The Bertz CT molecular complexity index is 533. The predicted octanol–water partition coefficient (Wildman–Crippen LogP) is 2.23. The number of hydrogen-bond donors (Lipinski definition) is 2. The monoisotopic (exact) mass is 298 g/mol. The molecule has 0 atom stereocenters. The lowest BCUT2D eigenvalue weighted by molar-refractivity contribution is -0.384. The number of halogens is 1. The van der Waals surface area contributed by atoms with E-state index in [0.29, 0.717) is 17.2 Å². The fourth-order valence-electron chi connectivity index (χ4n) is 1.12. The third-order valence-electron chi connectivity index (χ3n) is 1.95. The zero-order valence-corrected chi connectivity index (χ0v) is 11.4. The van der Waals surface area contributed by atoms with E-state index in [1.807, 2.05) is 0 Å². The van der Waals surface area contributed by atoms with Crippen LogP contribution >= 0.6 is 23.8 Å². The number of rotatable bonds is 5. The highest BCUT2D eigenvalue weighted by Crippen LogP contribution is 2.24. The second-order valence-electron chi connectivity index (χ2n) is 3.34.